The van der Waals surface area contributed by atoms with E-state index in [9.17, 15) is 4.79 Å². The third-order valence-corrected chi connectivity index (χ3v) is 4.32. The Morgan fingerprint density at radius 1 is 1.00 bits per heavy atom. The van der Waals surface area contributed by atoms with Crippen molar-refractivity contribution >= 4 is 11.7 Å². The number of nitrogens with zero attached hydrogens (tertiary/aromatic N) is 3. The zero-order valence-electron chi connectivity index (χ0n) is 15.1. The quantitative estimate of drug-likeness (QED) is 0.786. The zero-order chi connectivity index (χ0) is 18.4. The van der Waals surface area contributed by atoms with Gasteiger partial charge in [-0.1, -0.05) is 12.1 Å². The minimum atomic E-state index is -0.0458. The highest BCUT2D eigenvalue weighted by Gasteiger charge is 2.22. The van der Waals surface area contributed by atoms with Crippen LogP contribution in [0.5, 0.6) is 17.2 Å². The van der Waals surface area contributed by atoms with Crippen molar-refractivity contribution < 1.29 is 19.0 Å². The molecule has 0 bridgehead atoms. The Morgan fingerprint density at radius 3 is 2.42 bits per heavy atom. The number of benzene rings is 1. The number of hydrogen-bond acceptors (Lipinski definition) is 6. The van der Waals surface area contributed by atoms with Crippen LogP contribution < -0.4 is 19.1 Å². The number of piperazine rings is 1. The predicted octanol–water partition coefficient (Wildman–Crippen LogP) is 1.83. The lowest BCUT2D eigenvalue weighted by Gasteiger charge is -2.35. The van der Waals surface area contributed by atoms with Crippen LogP contribution in [0.25, 0.3) is 0 Å². The number of para-hydroxylation sites is 1. The molecule has 1 fully saturated rings. The second-order valence-corrected chi connectivity index (χ2v) is 5.84. The van der Waals surface area contributed by atoms with E-state index >= 15 is 0 Å². The average molecular weight is 357 g/mol. The lowest BCUT2D eigenvalue weighted by atomic mass is 10.3. The molecule has 1 amide bonds. The molecule has 1 aliphatic rings. The van der Waals surface area contributed by atoms with Gasteiger partial charge in [0.2, 0.25) is 5.75 Å². The summed E-state index contributed by atoms with van der Waals surface area (Å²) in [6, 6.07) is 11.2. The van der Waals surface area contributed by atoms with Crippen molar-refractivity contribution in [3.63, 3.8) is 0 Å². The van der Waals surface area contributed by atoms with E-state index in [0.29, 0.717) is 30.3 Å². The lowest BCUT2D eigenvalue weighted by Crippen LogP contribution is -2.50. The van der Waals surface area contributed by atoms with Gasteiger partial charge in [-0.2, -0.15) is 0 Å². The summed E-state index contributed by atoms with van der Waals surface area (Å²) in [5, 5.41) is 0. The summed E-state index contributed by atoms with van der Waals surface area (Å²) in [7, 11) is 3.11. The fourth-order valence-corrected chi connectivity index (χ4v) is 2.93. The topological polar surface area (TPSA) is 64.1 Å². The number of methoxy groups -OCH3 is 2. The van der Waals surface area contributed by atoms with Gasteiger partial charge < -0.3 is 24.0 Å². The molecule has 0 aliphatic carbocycles. The van der Waals surface area contributed by atoms with Crippen LogP contribution >= 0.6 is 0 Å². The second kappa shape index (κ2) is 8.42. The van der Waals surface area contributed by atoms with Crippen LogP contribution in [0.15, 0.2) is 42.6 Å². The molecule has 2 heterocycles. The first-order chi connectivity index (χ1) is 12.7. The van der Waals surface area contributed by atoms with E-state index in [1.807, 2.05) is 23.1 Å². The number of ether oxygens (including phenoxy) is 3. The predicted molar refractivity (Wildman–Crippen MR) is 98.1 cm³/mol. The highest BCUT2D eigenvalue weighted by molar-refractivity contribution is 5.78. The van der Waals surface area contributed by atoms with Crippen LogP contribution in [-0.2, 0) is 4.79 Å². The standard InChI is InChI=1S/C19H23N3O4/c1-24-15-6-5-7-16(19(15)25-2)26-14-18(23)22-12-10-21(11-13-22)17-8-3-4-9-20-17/h3-9H,10-14H2,1-2H3. The van der Waals surface area contributed by atoms with E-state index in [1.165, 1.54) is 0 Å². The van der Waals surface area contributed by atoms with Crippen LogP contribution in [0.3, 0.4) is 0 Å². The maximum atomic E-state index is 12.5. The van der Waals surface area contributed by atoms with Gasteiger partial charge in [0.1, 0.15) is 5.82 Å². The van der Waals surface area contributed by atoms with Crippen LogP contribution in [0.4, 0.5) is 5.82 Å². The molecule has 26 heavy (non-hydrogen) atoms. The number of hydrogen-bond donors (Lipinski definition) is 0. The Bertz CT molecular complexity index is 731. The molecule has 0 atom stereocenters. The van der Waals surface area contributed by atoms with Crippen molar-refractivity contribution in [3.05, 3.63) is 42.6 Å². The second-order valence-electron chi connectivity index (χ2n) is 5.84. The lowest BCUT2D eigenvalue weighted by molar-refractivity contribution is -0.133. The van der Waals surface area contributed by atoms with Gasteiger partial charge in [0.25, 0.3) is 5.91 Å². The van der Waals surface area contributed by atoms with Crippen LogP contribution in [0, 0.1) is 0 Å². The van der Waals surface area contributed by atoms with Crippen molar-refractivity contribution in [2.45, 2.75) is 0 Å². The van der Waals surface area contributed by atoms with Gasteiger partial charge in [-0.25, -0.2) is 4.98 Å². The molecule has 1 aromatic heterocycles. The summed E-state index contributed by atoms with van der Waals surface area (Å²) >= 11 is 0. The number of rotatable bonds is 6. The summed E-state index contributed by atoms with van der Waals surface area (Å²) in [6.45, 7) is 2.77. The van der Waals surface area contributed by atoms with E-state index in [0.717, 1.165) is 18.9 Å². The molecule has 2 aromatic rings. The van der Waals surface area contributed by atoms with Gasteiger partial charge in [0.05, 0.1) is 14.2 Å². The molecule has 1 saturated heterocycles. The number of carbonyl (C=O) groups excluding carboxylic acids is 1. The van der Waals surface area contributed by atoms with Gasteiger partial charge in [-0.3, -0.25) is 4.79 Å². The molecule has 1 aliphatic heterocycles. The largest absolute Gasteiger partial charge is 0.493 e. The first kappa shape index (κ1) is 17.8. The number of aromatic nitrogens is 1. The number of amides is 1. The van der Waals surface area contributed by atoms with E-state index in [4.69, 9.17) is 14.2 Å². The Balaban J connectivity index is 1.54. The Kier molecular flexibility index (Phi) is 5.78. The zero-order valence-corrected chi connectivity index (χ0v) is 15.1. The highest BCUT2D eigenvalue weighted by atomic mass is 16.5. The molecule has 138 valence electrons. The molecular weight excluding hydrogens is 334 g/mol. The van der Waals surface area contributed by atoms with Crippen molar-refractivity contribution in [1.29, 1.82) is 0 Å². The van der Waals surface area contributed by atoms with Crippen LogP contribution in [-0.4, -0.2) is 62.8 Å². The minimum Gasteiger partial charge on any atom is -0.493 e. The maximum Gasteiger partial charge on any atom is 0.260 e. The molecular formula is C19H23N3O4. The van der Waals surface area contributed by atoms with Gasteiger partial charge in [-0.15, -0.1) is 0 Å². The van der Waals surface area contributed by atoms with E-state index in [1.54, 1.807) is 38.6 Å². The van der Waals surface area contributed by atoms with Crippen molar-refractivity contribution in [2.75, 3.05) is 51.9 Å². The van der Waals surface area contributed by atoms with Gasteiger partial charge in [0, 0.05) is 32.4 Å². The Morgan fingerprint density at radius 2 is 1.77 bits per heavy atom. The van der Waals surface area contributed by atoms with E-state index in [2.05, 4.69) is 9.88 Å². The van der Waals surface area contributed by atoms with Crippen LogP contribution in [0.2, 0.25) is 0 Å². The fourth-order valence-electron chi connectivity index (χ4n) is 2.93. The van der Waals surface area contributed by atoms with Crippen molar-refractivity contribution in [1.82, 2.24) is 9.88 Å². The monoisotopic (exact) mass is 357 g/mol. The van der Waals surface area contributed by atoms with Gasteiger partial charge >= 0.3 is 0 Å². The third-order valence-electron chi connectivity index (χ3n) is 4.32. The van der Waals surface area contributed by atoms with Crippen LogP contribution in [0.1, 0.15) is 0 Å². The molecule has 1 aromatic carbocycles. The summed E-state index contributed by atoms with van der Waals surface area (Å²) in [6.07, 6.45) is 1.78. The summed E-state index contributed by atoms with van der Waals surface area (Å²) < 4.78 is 16.2. The molecule has 0 radical (unpaired) electrons. The summed E-state index contributed by atoms with van der Waals surface area (Å²) in [5.41, 5.74) is 0. The SMILES string of the molecule is COc1cccc(OCC(=O)N2CCN(c3ccccn3)CC2)c1OC. The number of carbonyl (C=O) groups is 1. The smallest absolute Gasteiger partial charge is 0.260 e. The highest BCUT2D eigenvalue weighted by Crippen LogP contribution is 2.36. The molecule has 7 nitrogen and oxygen atoms in total. The molecule has 0 unspecified atom stereocenters. The Labute approximate surface area is 153 Å². The Hall–Kier alpha value is -2.96. The van der Waals surface area contributed by atoms with E-state index < -0.39 is 0 Å². The van der Waals surface area contributed by atoms with Gasteiger partial charge in [-0.05, 0) is 24.3 Å². The third kappa shape index (κ3) is 3.99. The summed E-state index contributed by atoms with van der Waals surface area (Å²) in [5.74, 6) is 2.45. The normalized spacial score (nSPS) is 14.1. The number of pyridine rings is 1. The van der Waals surface area contributed by atoms with E-state index in [-0.39, 0.29) is 12.5 Å². The number of anilines is 1. The molecule has 0 N–H and O–H groups in total. The molecule has 3 rings (SSSR count). The van der Waals surface area contributed by atoms with Crippen molar-refractivity contribution in [3.8, 4) is 17.2 Å². The first-order valence-corrected chi connectivity index (χ1v) is 8.50. The summed E-state index contributed by atoms with van der Waals surface area (Å²) in [4.78, 5) is 20.8. The molecule has 0 saturated carbocycles. The van der Waals surface area contributed by atoms with Crippen molar-refractivity contribution in [2.24, 2.45) is 0 Å². The first-order valence-electron chi connectivity index (χ1n) is 8.50. The maximum absolute atomic E-state index is 12.5. The molecule has 0 spiro atoms. The minimum absolute atomic E-state index is 0.0346. The van der Waals surface area contributed by atoms with Gasteiger partial charge in [0.15, 0.2) is 18.1 Å². The fraction of sp³-hybridized carbons (Fsp3) is 0.368. The average Bonchev–Trinajstić information content (AvgIpc) is 2.72. The molecule has 7 heteroatoms.